The summed E-state index contributed by atoms with van der Waals surface area (Å²) in [4.78, 5) is 25.8. The lowest BCUT2D eigenvalue weighted by molar-refractivity contribution is -0.135. The summed E-state index contributed by atoms with van der Waals surface area (Å²) in [7, 11) is -3.76. The highest BCUT2D eigenvalue weighted by Gasteiger charge is 2.27. The third-order valence-corrected chi connectivity index (χ3v) is 5.05. The minimum absolute atomic E-state index is 0.0200. The van der Waals surface area contributed by atoms with E-state index >= 15 is 0 Å². The Bertz CT molecular complexity index is 718. The second-order valence-corrected chi connectivity index (χ2v) is 7.50. The molecule has 2 rings (SSSR count). The van der Waals surface area contributed by atoms with Crippen molar-refractivity contribution in [3.05, 3.63) is 29.8 Å². The Morgan fingerprint density at radius 3 is 2.79 bits per heavy atom. The molecule has 0 saturated carbocycles. The number of nitrogens with two attached hydrogens (primary N) is 1. The Morgan fingerprint density at radius 2 is 2.12 bits per heavy atom. The predicted molar refractivity (Wildman–Crippen MR) is 89.3 cm³/mol. The zero-order valence-corrected chi connectivity index (χ0v) is 14.5. The molecular weight excluding hydrogens is 330 g/mol. The van der Waals surface area contributed by atoms with E-state index in [9.17, 15) is 18.0 Å². The first kappa shape index (κ1) is 18.4. The van der Waals surface area contributed by atoms with Gasteiger partial charge in [0.25, 0.3) is 0 Å². The molecule has 1 atom stereocenters. The normalized spacial score (nSPS) is 18.2. The number of amides is 2. The van der Waals surface area contributed by atoms with E-state index in [0.717, 1.165) is 12.8 Å². The molecule has 1 saturated heterocycles. The average Bonchev–Trinajstić information content (AvgIpc) is 2.58. The van der Waals surface area contributed by atoms with Crippen molar-refractivity contribution in [2.24, 2.45) is 11.1 Å². The van der Waals surface area contributed by atoms with Crippen LogP contribution in [0.3, 0.4) is 0 Å². The molecule has 1 aliphatic rings. The van der Waals surface area contributed by atoms with E-state index in [0.29, 0.717) is 25.1 Å². The molecule has 3 N–H and O–H groups in total. The van der Waals surface area contributed by atoms with E-state index in [1.54, 1.807) is 17.0 Å². The Kier molecular flexibility index (Phi) is 5.95. The van der Waals surface area contributed by atoms with E-state index in [1.807, 2.05) is 6.92 Å². The molecule has 1 aliphatic heterocycles. The van der Waals surface area contributed by atoms with Crippen LogP contribution in [0.2, 0.25) is 0 Å². The maximum Gasteiger partial charge on any atom is 0.238 e. The van der Waals surface area contributed by atoms with Crippen molar-refractivity contribution in [2.75, 3.05) is 13.1 Å². The molecule has 0 aromatic heterocycles. The Balaban J connectivity index is 1.94. The summed E-state index contributed by atoms with van der Waals surface area (Å²) in [5, 5.41) is 7.91. The van der Waals surface area contributed by atoms with E-state index in [2.05, 4.69) is 5.32 Å². The summed E-state index contributed by atoms with van der Waals surface area (Å²) in [6.07, 6.45) is 2.00. The summed E-state index contributed by atoms with van der Waals surface area (Å²) < 4.78 is 22.7. The van der Waals surface area contributed by atoms with Gasteiger partial charge in [0.15, 0.2) is 0 Å². The van der Waals surface area contributed by atoms with Crippen LogP contribution in [0.25, 0.3) is 0 Å². The van der Waals surface area contributed by atoms with Crippen LogP contribution in [0.5, 0.6) is 0 Å². The monoisotopic (exact) mass is 353 g/mol. The van der Waals surface area contributed by atoms with Gasteiger partial charge in [-0.3, -0.25) is 9.59 Å². The summed E-state index contributed by atoms with van der Waals surface area (Å²) in [6.45, 7) is 3.17. The fraction of sp³-hybridized carbons (Fsp3) is 0.500. The number of sulfonamides is 1. The van der Waals surface area contributed by atoms with Gasteiger partial charge in [-0.15, -0.1) is 0 Å². The highest BCUT2D eigenvalue weighted by atomic mass is 32.2. The van der Waals surface area contributed by atoms with Crippen LogP contribution in [0.4, 0.5) is 0 Å². The molecule has 132 valence electrons. The van der Waals surface area contributed by atoms with Crippen molar-refractivity contribution in [3.8, 4) is 0 Å². The van der Waals surface area contributed by atoms with Crippen LogP contribution < -0.4 is 10.5 Å². The quantitative estimate of drug-likeness (QED) is 0.807. The van der Waals surface area contributed by atoms with Gasteiger partial charge in [0.05, 0.1) is 10.8 Å². The zero-order valence-electron chi connectivity index (χ0n) is 13.7. The predicted octanol–water partition coefficient (Wildman–Crippen LogP) is 0.599. The lowest BCUT2D eigenvalue weighted by Crippen LogP contribution is -2.45. The lowest BCUT2D eigenvalue weighted by atomic mass is 9.97. The fourth-order valence-electron chi connectivity index (χ4n) is 2.81. The largest absolute Gasteiger partial charge is 0.352 e. The number of rotatable bonds is 5. The van der Waals surface area contributed by atoms with Crippen LogP contribution in [-0.2, 0) is 26.2 Å². The van der Waals surface area contributed by atoms with Crippen LogP contribution in [0.1, 0.15) is 31.7 Å². The highest BCUT2D eigenvalue weighted by molar-refractivity contribution is 7.89. The maximum absolute atomic E-state index is 12.3. The fourth-order valence-corrected chi connectivity index (χ4v) is 3.39. The number of hydrogen-bond acceptors (Lipinski definition) is 4. The lowest BCUT2D eigenvalue weighted by Gasteiger charge is -2.31. The first-order valence-electron chi connectivity index (χ1n) is 7.98. The standard InChI is InChI=1S/C16H23N3O4S/c1-2-15(20)19-8-4-6-13(11-19)16(21)18-10-12-5-3-7-14(9-12)24(17,22)23/h3,5,7,9,13H,2,4,6,8,10-11H2,1H3,(H,18,21)(H2,17,22,23). The van der Waals surface area contributed by atoms with Gasteiger partial charge in [-0.25, -0.2) is 13.6 Å². The van der Waals surface area contributed by atoms with Crippen molar-refractivity contribution in [3.63, 3.8) is 0 Å². The molecule has 1 heterocycles. The Hall–Kier alpha value is -1.93. The maximum atomic E-state index is 12.3. The van der Waals surface area contributed by atoms with E-state index in [-0.39, 0.29) is 29.2 Å². The first-order chi connectivity index (χ1) is 11.3. The van der Waals surface area contributed by atoms with Gasteiger partial charge in [-0.1, -0.05) is 19.1 Å². The van der Waals surface area contributed by atoms with Crippen LogP contribution >= 0.6 is 0 Å². The highest BCUT2D eigenvalue weighted by Crippen LogP contribution is 2.18. The van der Waals surface area contributed by atoms with Crippen molar-refractivity contribution in [1.82, 2.24) is 10.2 Å². The molecule has 1 unspecified atom stereocenters. The zero-order chi connectivity index (χ0) is 17.7. The summed E-state index contributed by atoms with van der Waals surface area (Å²) in [6, 6.07) is 6.17. The topological polar surface area (TPSA) is 110 Å². The van der Waals surface area contributed by atoms with Crippen LogP contribution in [0.15, 0.2) is 29.2 Å². The summed E-state index contributed by atoms with van der Waals surface area (Å²) in [5.74, 6) is -0.284. The molecule has 0 spiro atoms. The Labute approximate surface area is 142 Å². The molecule has 0 bridgehead atoms. The average molecular weight is 353 g/mol. The number of carbonyl (C=O) groups is 2. The molecule has 1 aromatic carbocycles. The van der Waals surface area contributed by atoms with E-state index in [1.165, 1.54) is 12.1 Å². The number of primary sulfonamides is 1. The number of piperidine rings is 1. The number of nitrogens with one attached hydrogen (secondary N) is 1. The third kappa shape index (κ3) is 4.78. The molecule has 0 radical (unpaired) electrons. The number of hydrogen-bond donors (Lipinski definition) is 2. The number of nitrogens with zero attached hydrogens (tertiary/aromatic N) is 1. The second-order valence-electron chi connectivity index (χ2n) is 5.94. The van der Waals surface area contributed by atoms with Crippen molar-refractivity contribution in [2.45, 2.75) is 37.6 Å². The molecule has 0 aliphatic carbocycles. The first-order valence-corrected chi connectivity index (χ1v) is 9.53. The molecular formula is C16H23N3O4S. The van der Waals surface area contributed by atoms with Gasteiger partial charge in [0.2, 0.25) is 21.8 Å². The second kappa shape index (κ2) is 7.76. The van der Waals surface area contributed by atoms with Crippen LogP contribution in [0, 0.1) is 5.92 Å². The van der Waals surface area contributed by atoms with Gasteiger partial charge in [-0.2, -0.15) is 0 Å². The Morgan fingerprint density at radius 1 is 1.38 bits per heavy atom. The third-order valence-electron chi connectivity index (χ3n) is 4.14. The van der Waals surface area contributed by atoms with E-state index < -0.39 is 10.0 Å². The van der Waals surface area contributed by atoms with E-state index in [4.69, 9.17) is 5.14 Å². The van der Waals surface area contributed by atoms with Gasteiger partial charge in [-0.05, 0) is 30.5 Å². The number of benzene rings is 1. The summed E-state index contributed by atoms with van der Waals surface area (Å²) >= 11 is 0. The molecule has 24 heavy (non-hydrogen) atoms. The smallest absolute Gasteiger partial charge is 0.238 e. The van der Waals surface area contributed by atoms with Gasteiger partial charge in [0, 0.05) is 26.1 Å². The van der Waals surface area contributed by atoms with Crippen molar-refractivity contribution < 1.29 is 18.0 Å². The number of carbonyl (C=O) groups excluding carboxylic acids is 2. The molecule has 8 heteroatoms. The van der Waals surface area contributed by atoms with Gasteiger partial charge < -0.3 is 10.2 Å². The van der Waals surface area contributed by atoms with Crippen molar-refractivity contribution in [1.29, 1.82) is 0 Å². The SMILES string of the molecule is CCC(=O)N1CCCC(C(=O)NCc2cccc(S(N)(=O)=O)c2)C1. The number of likely N-dealkylation sites (tertiary alicyclic amines) is 1. The van der Waals surface area contributed by atoms with Crippen molar-refractivity contribution >= 4 is 21.8 Å². The summed E-state index contributed by atoms with van der Waals surface area (Å²) in [5.41, 5.74) is 0.659. The van der Waals surface area contributed by atoms with Gasteiger partial charge >= 0.3 is 0 Å². The molecule has 1 fully saturated rings. The molecule has 7 nitrogen and oxygen atoms in total. The van der Waals surface area contributed by atoms with Crippen LogP contribution in [-0.4, -0.2) is 38.2 Å². The molecule has 1 aromatic rings. The molecule has 2 amide bonds. The van der Waals surface area contributed by atoms with Gasteiger partial charge in [0.1, 0.15) is 0 Å². The minimum atomic E-state index is -3.76. The minimum Gasteiger partial charge on any atom is -0.352 e.